The smallest absolute Gasteiger partial charge is 0.319 e. The van der Waals surface area contributed by atoms with E-state index in [2.05, 4.69) is 10.3 Å². The van der Waals surface area contributed by atoms with Crippen molar-refractivity contribution in [1.29, 1.82) is 0 Å². The molecule has 3 rings (SSSR count). The molecule has 2 N–H and O–H groups in total. The Hall–Kier alpha value is -3.24. The maximum atomic E-state index is 14.1. The molecule has 0 spiro atoms. The van der Waals surface area contributed by atoms with Crippen LogP contribution in [0.4, 0.5) is 14.5 Å². The number of rotatable bonds is 9. The topological polar surface area (TPSA) is 93.4 Å². The summed E-state index contributed by atoms with van der Waals surface area (Å²) in [7, 11) is 1.54. The number of aryl methyl sites for hydroxylation is 1. The molecule has 0 saturated heterocycles. The fourth-order valence-electron chi connectivity index (χ4n) is 3.26. The highest BCUT2D eigenvalue weighted by atomic mass is 32.2. The van der Waals surface area contributed by atoms with Crippen molar-refractivity contribution in [1.82, 2.24) is 9.55 Å². The minimum Gasteiger partial charge on any atom is -0.480 e. The number of nitrogens with zero attached hydrogens (tertiary/aromatic N) is 2. The van der Waals surface area contributed by atoms with Crippen molar-refractivity contribution >= 4 is 29.3 Å². The van der Waals surface area contributed by atoms with Crippen LogP contribution in [-0.2, 0) is 16.1 Å². The van der Waals surface area contributed by atoms with Gasteiger partial charge in [-0.2, -0.15) is 0 Å². The molecule has 0 unspecified atom stereocenters. The van der Waals surface area contributed by atoms with Crippen molar-refractivity contribution in [3.63, 3.8) is 0 Å². The summed E-state index contributed by atoms with van der Waals surface area (Å²) in [6.45, 7) is 5.54. The SMILES string of the molecule is COCCn1c(-c2ccc(SC(C)(C)C(=O)O)cc2)nc(C)c1C(=O)Nc1ccc(F)cc1F. The molecule has 10 heteroatoms. The molecule has 0 bridgehead atoms. The number of carbonyl (C=O) groups excluding carboxylic acids is 1. The van der Waals surface area contributed by atoms with Gasteiger partial charge < -0.3 is 19.7 Å². The van der Waals surface area contributed by atoms with Gasteiger partial charge in [0.15, 0.2) is 0 Å². The fourth-order valence-corrected chi connectivity index (χ4v) is 4.21. The molecule has 1 aromatic heterocycles. The third kappa shape index (κ3) is 5.63. The summed E-state index contributed by atoms with van der Waals surface area (Å²) >= 11 is 1.22. The zero-order valence-electron chi connectivity index (χ0n) is 19.2. The van der Waals surface area contributed by atoms with Crippen LogP contribution in [0.25, 0.3) is 11.4 Å². The van der Waals surface area contributed by atoms with Gasteiger partial charge in [0.25, 0.3) is 5.91 Å². The van der Waals surface area contributed by atoms with E-state index in [-0.39, 0.29) is 11.4 Å². The van der Waals surface area contributed by atoms with Crippen LogP contribution in [0.1, 0.15) is 30.0 Å². The number of aromatic nitrogens is 2. The Labute approximate surface area is 200 Å². The van der Waals surface area contributed by atoms with E-state index in [1.54, 1.807) is 49.6 Å². The monoisotopic (exact) mass is 489 g/mol. The Morgan fingerprint density at radius 3 is 2.44 bits per heavy atom. The summed E-state index contributed by atoms with van der Waals surface area (Å²) in [5.74, 6) is -2.62. The lowest BCUT2D eigenvalue weighted by atomic mass is 10.2. The number of nitrogens with one attached hydrogen (secondary N) is 1. The van der Waals surface area contributed by atoms with E-state index in [9.17, 15) is 23.5 Å². The van der Waals surface area contributed by atoms with Crippen LogP contribution in [-0.4, -0.2) is 45.0 Å². The van der Waals surface area contributed by atoms with Crippen LogP contribution >= 0.6 is 11.8 Å². The number of amides is 1. The minimum atomic E-state index is -0.990. The third-order valence-electron chi connectivity index (χ3n) is 5.06. The van der Waals surface area contributed by atoms with Crippen molar-refractivity contribution in [2.45, 2.75) is 37.0 Å². The number of halogens is 2. The van der Waals surface area contributed by atoms with Crippen molar-refractivity contribution in [2.24, 2.45) is 0 Å². The van der Waals surface area contributed by atoms with E-state index in [4.69, 9.17) is 4.74 Å². The van der Waals surface area contributed by atoms with E-state index in [1.807, 2.05) is 0 Å². The highest BCUT2D eigenvalue weighted by molar-refractivity contribution is 8.01. The van der Waals surface area contributed by atoms with Gasteiger partial charge >= 0.3 is 5.97 Å². The lowest BCUT2D eigenvalue weighted by Gasteiger charge is -2.18. The molecule has 0 atom stereocenters. The molecule has 0 aliphatic rings. The summed E-state index contributed by atoms with van der Waals surface area (Å²) in [6, 6.07) is 10.1. The number of imidazole rings is 1. The maximum absolute atomic E-state index is 14.1. The van der Waals surface area contributed by atoms with Crippen LogP contribution in [0.5, 0.6) is 0 Å². The molecule has 0 aliphatic carbocycles. The Morgan fingerprint density at radius 1 is 1.18 bits per heavy atom. The number of hydrogen-bond donors (Lipinski definition) is 2. The number of methoxy groups -OCH3 is 1. The molecule has 3 aromatic rings. The molecule has 7 nitrogen and oxygen atoms in total. The van der Waals surface area contributed by atoms with Gasteiger partial charge in [-0.1, -0.05) is 12.1 Å². The predicted octanol–water partition coefficient (Wildman–Crippen LogP) is 4.99. The second kappa shape index (κ2) is 10.4. The summed E-state index contributed by atoms with van der Waals surface area (Å²) in [5.41, 5.74) is 1.22. The number of hydrogen-bond acceptors (Lipinski definition) is 5. The maximum Gasteiger partial charge on any atom is 0.319 e. The van der Waals surface area contributed by atoms with Gasteiger partial charge in [-0.25, -0.2) is 13.8 Å². The van der Waals surface area contributed by atoms with Gasteiger partial charge in [-0.3, -0.25) is 9.59 Å². The van der Waals surface area contributed by atoms with E-state index in [0.717, 1.165) is 17.0 Å². The third-order valence-corrected chi connectivity index (χ3v) is 6.25. The lowest BCUT2D eigenvalue weighted by Crippen LogP contribution is -2.26. The van der Waals surface area contributed by atoms with Gasteiger partial charge in [0.05, 0.1) is 18.0 Å². The van der Waals surface area contributed by atoms with Gasteiger partial charge in [0.1, 0.15) is 27.9 Å². The number of thioether (sulfide) groups is 1. The fraction of sp³-hybridized carbons (Fsp3) is 0.292. The van der Waals surface area contributed by atoms with Gasteiger partial charge in [0, 0.05) is 30.2 Å². The molecular formula is C24H25F2N3O4S. The molecule has 0 fully saturated rings. The number of carboxylic acid groups (broad SMARTS) is 1. The van der Waals surface area contributed by atoms with Gasteiger partial charge in [-0.15, -0.1) is 11.8 Å². The zero-order chi connectivity index (χ0) is 25.0. The number of benzene rings is 2. The lowest BCUT2D eigenvalue weighted by molar-refractivity contribution is -0.138. The van der Waals surface area contributed by atoms with Crippen molar-refractivity contribution in [3.8, 4) is 11.4 Å². The Morgan fingerprint density at radius 2 is 1.85 bits per heavy atom. The average Bonchev–Trinajstić information content (AvgIpc) is 3.10. The largest absolute Gasteiger partial charge is 0.480 e. The van der Waals surface area contributed by atoms with Crippen LogP contribution in [0.2, 0.25) is 0 Å². The van der Waals surface area contributed by atoms with Crippen molar-refractivity contribution in [2.75, 3.05) is 19.0 Å². The standard InChI is InChI=1S/C24H25F2N3O4S/c1-14-20(22(30)28-19-10-7-16(25)13-18(19)26)29(11-12-33-4)21(27-14)15-5-8-17(9-6-15)34-24(2,3)23(31)32/h5-10,13H,11-12H2,1-4H3,(H,28,30)(H,31,32). The van der Waals surface area contributed by atoms with E-state index < -0.39 is 28.3 Å². The zero-order valence-corrected chi connectivity index (χ0v) is 20.0. The number of anilines is 1. The Bertz CT molecular complexity index is 1210. The highest BCUT2D eigenvalue weighted by Crippen LogP contribution is 2.34. The minimum absolute atomic E-state index is 0.144. The molecular weight excluding hydrogens is 464 g/mol. The van der Waals surface area contributed by atoms with Gasteiger partial charge in [0.2, 0.25) is 0 Å². The first-order chi connectivity index (χ1) is 16.0. The first-order valence-electron chi connectivity index (χ1n) is 10.4. The number of carboxylic acids is 1. The first kappa shape index (κ1) is 25.4. The normalized spacial score (nSPS) is 11.5. The molecule has 1 amide bonds. The Kier molecular flexibility index (Phi) is 7.73. The predicted molar refractivity (Wildman–Crippen MR) is 126 cm³/mol. The first-order valence-corrected chi connectivity index (χ1v) is 11.2. The van der Waals surface area contributed by atoms with Crippen LogP contribution in [0, 0.1) is 18.6 Å². The van der Waals surface area contributed by atoms with E-state index >= 15 is 0 Å². The van der Waals surface area contributed by atoms with Crippen molar-refractivity contribution in [3.05, 3.63) is 65.5 Å². The molecule has 0 aliphatic heterocycles. The molecule has 0 saturated carbocycles. The van der Waals surface area contributed by atoms with Gasteiger partial charge in [-0.05, 0) is 45.0 Å². The average molecular weight is 490 g/mol. The second-order valence-corrected chi connectivity index (χ2v) is 9.73. The van der Waals surface area contributed by atoms with E-state index in [0.29, 0.717) is 36.3 Å². The van der Waals surface area contributed by atoms with Crippen molar-refractivity contribution < 1.29 is 28.2 Å². The Balaban J connectivity index is 1.95. The van der Waals surface area contributed by atoms with Crippen LogP contribution in [0.15, 0.2) is 47.4 Å². The summed E-state index contributed by atoms with van der Waals surface area (Å²) in [5, 5.41) is 11.8. The molecule has 2 aromatic carbocycles. The summed E-state index contributed by atoms with van der Waals surface area (Å²) in [6.07, 6.45) is 0. The quantitative estimate of drug-likeness (QED) is 0.412. The van der Waals surface area contributed by atoms with E-state index in [1.165, 1.54) is 18.9 Å². The molecule has 0 radical (unpaired) electrons. The summed E-state index contributed by atoms with van der Waals surface area (Å²) < 4.78 is 33.2. The van der Waals surface area contributed by atoms with Crippen LogP contribution < -0.4 is 5.32 Å². The number of ether oxygens (including phenoxy) is 1. The highest BCUT2D eigenvalue weighted by Gasteiger charge is 2.28. The summed E-state index contributed by atoms with van der Waals surface area (Å²) in [4.78, 5) is 29.8. The number of aliphatic carboxylic acids is 1. The molecule has 1 heterocycles. The molecule has 34 heavy (non-hydrogen) atoms. The molecule has 180 valence electrons. The number of carbonyl (C=O) groups is 2. The van der Waals surface area contributed by atoms with Crippen LogP contribution in [0.3, 0.4) is 0 Å². The second-order valence-electron chi connectivity index (χ2n) is 8.03.